The number of anilines is 1. The fraction of sp³-hybridized carbons (Fsp3) is 0.381. The Bertz CT molecular complexity index is 644. The number of nitrogens with zero attached hydrogens (tertiary/aromatic N) is 1. The van der Waals surface area contributed by atoms with Crippen LogP contribution in [0.5, 0.6) is 0 Å². The first-order chi connectivity index (χ1) is 12.6. The molecule has 1 aromatic heterocycles. The minimum Gasteiger partial charge on any atom is -0.379 e. The summed E-state index contributed by atoms with van der Waals surface area (Å²) in [6.45, 7) is 10.3. The zero-order valence-corrected chi connectivity index (χ0v) is 17.4. The van der Waals surface area contributed by atoms with Crippen molar-refractivity contribution in [2.24, 2.45) is 0 Å². The van der Waals surface area contributed by atoms with Crippen LogP contribution in [0.4, 0.5) is 5.00 Å². The van der Waals surface area contributed by atoms with E-state index in [2.05, 4.69) is 25.2 Å². The highest BCUT2D eigenvalue weighted by Gasteiger charge is 2.04. The van der Waals surface area contributed by atoms with Gasteiger partial charge < -0.3 is 5.32 Å². The van der Waals surface area contributed by atoms with Crippen LogP contribution < -0.4 is 5.32 Å². The molecule has 2 aromatic rings. The Balaban J connectivity index is 0. The molecule has 0 saturated carbocycles. The van der Waals surface area contributed by atoms with Crippen molar-refractivity contribution >= 4 is 28.9 Å². The summed E-state index contributed by atoms with van der Waals surface area (Å²) in [7, 11) is 1.83. The molecule has 0 spiro atoms. The van der Waals surface area contributed by atoms with Crippen LogP contribution in [0.15, 0.2) is 29.6 Å². The third-order valence-corrected chi connectivity index (χ3v) is 4.18. The number of carbonyl (C=O) groups is 2. The van der Waals surface area contributed by atoms with E-state index < -0.39 is 0 Å². The summed E-state index contributed by atoms with van der Waals surface area (Å²) >= 11 is 1.57. The maximum Gasteiger partial charge on any atom is 0.150 e. The number of thiophene rings is 1. The summed E-state index contributed by atoms with van der Waals surface area (Å²) in [5.41, 5.74) is 2.71. The molecule has 1 aromatic carbocycles. The van der Waals surface area contributed by atoms with E-state index in [1.165, 1.54) is 12.8 Å². The van der Waals surface area contributed by atoms with Gasteiger partial charge in [-0.05, 0) is 17.9 Å². The SMILES string of the molecule is CC.CCCC.CNc1scc(C)c1C#N.O=Cc1ccccc1C=O. The van der Waals surface area contributed by atoms with Gasteiger partial charge in [0.25, 0.3) is 0 Å². The molecule has 0 aliphatic carbocycles. The second-order valence-electron chi connectivity index (χ2n) is 4.85. The summed E-state index contributed by atoms with van der Waals surface area (Å²) in [5, 5.41) is 14.5. The minimum absolute atomic E-state index is 0.442. The van der Waals surface area contributed by atoms with E-state index in [-0.39, 0.29) is 0 Å². The first kappa shape index (κ1) is 25.8. The highest BCUT2D eigenvalue weighted by atomic mass is 32.1. The Morgan fingerprint density at radius 1 is 1.08 bits per heavy atom. The Morgan fingerprint density at radius 3 is 1.81 bits per heavy atom. The van der Waals surface area contributed by atoms with E-state index in [0.29, 0.717) is 23.7 Å². The smallest absolute Gasteiger partial charge is 0.150 e. The highest BCUT2D eigenvalue weighted by Crippen LogP contribution is 2.25. The molecule has 5 heteroatoms. The molecule has 4 nitrogen and oxygen atoms in total. The van der Waals surface area contributed by atoms with Gasteiger partial charge in [0.15, 0.2) is 12.6 Å². The lowest BCUT2D eigenvalue weighted by atomic mass is 10.1. The summed E-state index contributed by atoms with van der Waals surface area (Å²) in [4.78, 5) is 20.5. The molecule has 1 heterocycles. The molecule has 0 aliphatic rings. The van der Waals surface area contributed by atoms with Crippen LogP contribution in [0, 0.1) is 18.3 Å². The fourth-order valence-corrected chi connectivity index (χ4v) is 2.35. The Kier molecular flexibility index (Phi) is 17.2. The molecule has 0 unspecified atom stereocenters. The van der Waals surface area contributed by atoms with Gasteiger partial charge in [-0.3, -0.25) is 9.59 Å². The third-order valence-electron chi connectivity index (χ3n) is 3.06. The molecule has 26 heavy (non-hydrogen) atoms. The van der Waals surface area contributed by atoms with E-state index in [1.54, 1.807) is 35.6 Å². The van der Waals surface area contributed by atoms with Crippen LogP contribution in [0.3, 0.4) is 0 Å². The van der Waals surface area contributed by atoms with Crippen molar-refractivity contribution in [2.45, 2.75) is 47.5 Å². The van der Waals surface area contributed by atoms with Gasteiger partial charge in [0, 0.05) is 18.2 Å². The molecule has 0 bridgehead atoms. The Hall–Kier alpha value is -2.45. The molecule has 0 atom stereocenters. The van der Waals surface area contributed by atoms with Crippen LogP contribution in [-0.2, 0) is 0 Å². The predicted molar refractivity (Wildman–Crippen MR) is 112 cm³/mol. The average Bonchev–Trinajstić information content (AvgIpc) is 3.09. The zero-order valence-electron chi connectivity index (χ0n) is 16.6. The molecule has 142 valence electrons. The molecule has 2 rings (SSSR count). The Labute approximate surface area is 161 Å². The van der Waals surface area contributed by atoms with E-state index in [4.69, 9.17) is 5.26 Å². The second kappa shape index (κ2) is 17.4. The first-order valence-corrected chi connectivity index (χ1v) is 9.62. The maximum absolute atomic E-state index is 10.2. The van der Waals surface area contributed by atoms with Crippen LogP contribution in [0.2, 0.25) is 0 Å². The quantitative estimate of drug-likeness (QED) is 0.655. The summed E-state index contributed by atoms with van der Waals surface area (Å²) in [6, 6.07) is 8.80. The van der Waals surface area contributed by atoms with Crippen LogP contribution in [0.1, 0.15) is 72.4 Å². The van der Waals surface area contributed by atoms with Gasteiger partial charge in [-0.25, -0.2) is 0 Å². The first-order valence-electron chi connectivity index (χ1n) is 8.74. The van der Waals surface area contributed by atoms with Crippen molar-refractivity contribution < 1.29 is 9.59 Å². The third kappa shape index (κ3) is 9.75. The lowest BCUT2D eigenvalue weighted by molar-refractivity contribution is 0.109. The number of nitriles is 1. The van der Waals surface area contributed by atoms with Gasteiger partial charge in [0.05, 0.1) is 5.56 Å². The maximum atomic E-state index is 10.2. The van der Waals surface area contributed by atoms with Gasteiger partial charge >= 0.3 is 0 Å². The normalized spacial score (nSPS) is 8.19. The molecule has 0 saturated heterocycles. The predicted octanol–water partition coefficient (Wildman–Crippen LogP) is 6.11. The van der Waals surface area contributed by atoms with Crippen molar-refractivity contribution in [3.8, 4) is 6.07 Å². The fourth-order valence-electron chi connectivity index (χ4n) is 1.49. The number of hydrogen-bond donors (Lipinski definition) is 1. The van der Waals surface area contributed by atoms with Gasteiger partial charge in [-0.1, -0.05) is 64.8 Å². The number of rotatable bonds is 4. The zero-order chi connectivity index (χ0) is 20.4. The molecular weight excluding hydrogens is 344 g/mol. The van der Waals surface area contributed by atoms with Crippen molar-refractivity contribution in [1.82, 2.24) is 0 Å². The second-order valence-corrected chi connectivity index (χ2v) is 5.73. The number of unbranched alkanes of at least 4 members (excludes halogenated alkanes) is 1. The highest BCUT2D eigenvalue weighted by molar-refractivity contribution is 7.14. The van der Waals surface area contributed by atoms with E-state index in [0.717, 1.165) is 16.1 Å². The number of aldehydes is 2. The van der Waals surface area contributed by atoms with Crippen molar-refractivity contribution in [3.05, 3.63) is 51.9 Å². The molecular formula is C21H30N2O2S. The average molecular weight is 375 g/mol. The largest absolute Gasteiger partial charge is 0.379 e. The summed E-state index contributed by atoms with van der Waals surface area (Å²) < 4.78 is 0. The number of carbonyl (C=O) groups excluding carboxylic acids is 2. The number of hydrogen-bond acceptors (Lipinski definition) is 5. The van der Waals surface area contributed by atoms with Crippen molar-refractivity contribution in [2.75, 3.05) is 12.4 Å². The van der Waals surface area contributed by atoms with Crippen molar-refractivity contribution in [1.29, 1.82) is 5.26 Å². The number of benzene rings is 1. The van der Waals surface area contributed by atoms with Gasteiger partial charge in [-0.2, -0.15) is 5.26 Å². The van der Waals surface area contributed by atoms with Gasteiger partial charge in [0.1, 0.15) is 11.1 Å². The number of nitrogens with one attached hydrogen (secondary N) is 1. The van der Waals surface area contributed by atoms with Gasteiger partial charge in [0.2, 0.25) is 0 Å². The topological polar surface area (TPSA) is 70.0 Å². The Morgan fingerprint density at radius 2 is 1.54 bits per heavy atom. The summed E-state index contributed by atoms with van der Waals surface area (Å²) in [5.74, 6) is 0. The summed E-state index contributed by atoms with van der Waals surface area (Å²) in [6.07, 6.45) is 3.98. The van der Waals surface area contributed by atoms with Crippen LogP contribution in [-0.4, -0.2) is 19.6 Å². The monoisotopic (exact) mass is 374 g/mol. The van der Waals surface area contributed by atoms with Crippen molar-refractivity contribution in [3.63, 3.8) is 0 Å². The minimum atomic E-state index is 0.442. The van der Waals surface area contributed by atoms with E-state index >= 15 is 0 Å². The van der Waals surface area contributed by atoms with Gasteiger partial charge in [-0.15, -0.1) is 11.3 Å². The van der Waals surface area contributed by atoms with E-state index in [9.17, 15) is 9.59 Å². The molecule has 0 fully saturated rings. The molecule has 0 amide bonds. The lowest BCUT2D eigenvalue weighted by Crippen LogP contribution is -1.87. The number of aryl methyl sites for hydroxylation is 1. The molecule has 0 radical (unpaired) electrons. The molecule has 1 N–H and O–H groups in total. The van der Waals surface area contributed by atoms with Crippen LogP contribution >= 0.6 is 11.3 Å². The molecule has 0 aliphatic heterocycles. The van der Waals surface area contributed by atoms with E-state index in [1.807, 2.05) is 33.2 Å². The lowest BCUT2D eigenvalue weighted by Gasteiger charge is -1.92. The standard InChI is InChI=1S/C8H6O2.C7H8N2S.C4H10.C2H6/c9-5-7-3-1-2-4-8(7)6-10;1-5-4-10-7(9-2)6(5)3-8;1-3-4-2;1-2/h1-6H;4,9H,1-2H3;3-4H2,1-2H3;1-2H3. The van der Waals surface area contributed by atoms with Crippen LogP contribution in [0.25, 0.3) is 0 Å².